The monoisotopic (exact) mass is 560 g/mol. The molecule has 1 unspecified atom stereocenters. The van der Waals surface area contributed by atoms with Crippen LogP contribution in [-0.2, 0) is 27.8 Å². The number of piperazine rings is 1. The first kappa shape index (κ1) is 25.4. The fraction of sp³-hybridized carbons (Fsp3) is 0.480. The van der Waals surface area contributed by atoms with E-state index >= 15 is 0 Å². The van der Waals surface area contributed by atoms with Crippen LogP contribution in [0.1, 0.15) is 35.0 Å². The zero-order valence-electron chi connectivity index (χ0n) is 20.9. The number of hydrogen-bond donors (Lipinski definition) is 2. The smallest absolute Gasteiger partial charge is 0.310 e. The number of fused-ring (bicyclic) bond motifs is 2. The molecule has 0 spiro atoms. The second-order valence-corrected chi connectivity index (χ2v) is 12.6. The molecule has 1 saturated carbocycles. The molecule has 2 amide bonds. The van der Waals surface area contributed by atoms with Gasteiger partial charge in [-0.3, -0.25) is 14.5 Å². The van der Waals surface area contributed by atoms with Gasteiger partial charge in [0.2, 0.25) is 5.91 Å². The van der Waals surface area contributed by atoms with Gasteiger partial charge in [-0.2, -0.15) is 4.31 Å². The quantitative estimate of drug-likeness (QED) is 0.470. The lowest BCUT2D eigenvalue weighted by Crippen LogP contribution is -2.59. The van der Waals surface area contributed by atoms with Crippen molar-refractivity contribution in [1.82, 2.24) is 29.4 Å². The van der Waals surface area contributed by atoms with Crippen LogP contribution in [-0.4, -0.2) is 90.1 Å². The lowest BCUT2D eigenvalue weighted by Gasteiger charge is -2.40. The minimum Gasteiger partial charge on any atom is -0.436 e. The number of sulfonamides is 1. The lowest BCUT2D eigenvalue weighted by atomic mass is 10.1. The predicted octanol–water partition coefficient (Wildman–Crippen LogP) is 1.84. The van der Waals surface area contributed by atoms with Crippen LogP contribution in [0.25, 0.3) is 10.9 Å². The van der Waals surface area contributed by atoms with Gasteiger partial charge in [0, 0.05) is 61.0 Å². The molecular weight excluding hydrogens is 532 g/mol. The van der Waals surface area contributed by atoms with Gasteiger partial charge in [0.15, 0.2) is 0 Å². The Bertz CT molecular complexity index is 1510. The number of H-pyrrole nitrogens is 1. The highest BCUT2D eigenvalue weighted by molar-refractivity contribution is 7.89. The van der Waals surface area contributed by atoms with Gasteiger partial charge >= 0.3 is 5.91 Å². The van der Waals surface area contributed by atoms with Crippen molar-refractivity contribution >= 4 is 44.3 Å². The van der Waals surface area contributed by atoms with E-state index in [-0.39, 0.29) is 48.9 Å². The molecule has 2 aliphatic heterocycles. The third-order valence-corrected chi connectivity index (χ3v) is 9.47. The van der Waals surface area contributed by atoms with Crippen LogP contribution in [0.4, 0.5) is 0 Å². The van der Waals surface area contributed by atoms with E-state index in [4.69, 9.17) is 16.0 Å². The molecule has 2 fully saturated rings. The highest BCUT2D eigenvalue weighted by Gasteiger charge is 2.40. The zero-order valence-corrected chi connectivity index (χ0v) is 22.5. The third kappa shape index (κ3) is 4.81. The molecule has 6 rings (SSSR count). The normalized spacial score (nSPS) is 21.0. The number of nitrogens with zero attached hydrogens (tertiary/aromatic N) is 4. The molecule has 0 radical (unpaired) electrons. The van der Waals surface area contributed by atoms with Gasteiger partial charge in [-0.05, 0) is 44.2 Å². The number of aromatic nitrogens is 2. The summed E-state index contributed by atoms with van der Waals surface area (Å²) in [6.07, 6.45) is 2.39. The molecule has 13 heteroatoms. The van der Waals surface area contributed by atoms with Crippen molar-refractivity contribution in [3.05, 3.63) is 46.6 Å². The summed E-state index contributed by atoms with van der Waals surface area (Å²) in [7, 11) is -1.92. The molecule has 0 bridgehead atoms. The minimum atomic E-state index is -3.89. The summed E-state index contributed by atoms with van der Waals surface area (Å²) < 4.78 is 34.4. The molecule has 2 N–H and O–H groups in total. The molecule has 1 atom stereocenters. The number of nitrogens with one attached hydrogen (secondary N) is 2. The molecule has 1 aromatic carbocycles. The first-order valence-electron chi connectivity index (χ1n) is 12.7. The molecule has 2 aromatic heterocycles. The molecule has 38 heavy (non-hydrogen) atoms. The van der Waals surface area contributed by atoms with E-state index in [9.17, 15) is 18.0 Å². The van der Waals surface area contributed by atoms with E-state index in [0.29, 0.717) is 34.7 Å². The maximum Gasteiger partial charge on any atom is 0.310 e. The van der Waals surface area contributed by atoms with Gasteiger partial charge < -0.3 is 19.6 Å². The van der Waals surface area contributed by atoms with Crippen molar-refractivity contribution in [3.8, 4) is 0 Å². The van der Waals surface area contributed by atoms with Crippen molar-refractivity contribution in [3.63, 3.8) is 0 Å². The number of oxazole rings is 1. The minimum absolute atomic E-state index is 0.00351. The SMILES string of the molecule is CN1CCc2nc(C(=O)N3CCN(S(=O)(=O)c4cc5cc(Cl)ccc5[nH]4)CC3CNC(=O)C3CC3)oc2C1. The summed E-state index contributed by atoms with van der Waals surface area (Å²) in [6.45, 7) is 1.82. The van der Waals surface area contributed by atoms with E-state index < -0.39 is 22.0 Å². The van der Waals surface area contributed by atoms with Crippen molar-refractivity contribution in [2.45, 2.75) is 36.9 Å². The first-order valence-corrected chi connectivity index (χ1v) is 14.5. The van der Waals surface area contributed by atoms with Crippen LogP contribution >= 0.6 is 11.6 Å². The van der Waals surface area contributed by atoms with Crippen LogP contribution in [0, 0.1) is 5.92 Å². The molecule has 1 aliphatic carbocycles. The molecule has 1 saturated heterocycles. The number of carbonyl (C=O) groups is 2. The van der Waals surface area contributed by atoms with Gasteiger partial charge in [0.1, 0.15) is 10.8 Å². The van der Waals surface area contributed by atoms with Crippen LogP contribution in [0.2, 0.25) is 5.02 Å². The Morgan fingerprint density at radius 2 is 2.03 bits per heavy atom. The van der Waals surface area contributed by atoms with Gasteiger partial charge in [-0.15, -0.1) is 0 Å². The van der Waals surface area contributed by atoms with Gasteiger partial charge in [-0.25, -0.2) is 13.4 Å². The topological polar surface area (TPSA) is 132 Å². The number of rotatable bonds is 6. The van der Waals surface area contributed by atoms with E-state index in [1.54, 1.807) is 29.2 Å². The van der Waals surface area contributed by atoms with Crippen LogP contribution < -0.4 is 5.32 Å². The molecule has 3 aliphatic rings. The van der Waals surface area contributed by atoms with Crippen molar-refractivity contribution in [2.24, 2.45) is 5.92 Å². The van der Waals surface area contributed by atoms with Crippen LogP contribution in [0.15, 0.2) is 33.7 Å². The van der Waals surface area contributed by atoms with Gasteiger partial charge in [0.25, 0.3) is 15.9 Å². The maximum atomic E-state index is 13.6. The van der Waals surface area contributed by atoms with E-state index in [2.05, 4.69) is 20.2 Å². The average Bonchev–Trinajstić information content (AvgIpc) is 3.53. The largest absolute Gasteiger partial charge is 0.436 e. The first-order chi connectivity index (χ1) is 18.2. The van der Waals surface area contributed by atoms with Gasteiger partial charge in [0.05, 0.1) is 18.3 Å². The summed E-state index contributed by atoms with van der Waals surface area (Å²) in [5, 5.41) is 4.17. The average molecular weight is 561 g/mol. The summed E-state index contributed by atoms with van der Waals surface area (Å²) in [5.41, 5.74) is 1.44. The maximum absolute atomic E-state index is 13.6. The Hall–Kier alpha value is -2.93. The number of benzene rings is 1. The number of carbonyl (C=O) groups excluding carboxylic acids is 2. The Morgan fingerprint density at radius 1 is 1.21 bits per heavy atom. The third-order valence-electron chi connectivity index (χ3n) is 7.45. The summed E-state index contributed by atoms with van der Waals surface area (Å²) in [4.78, 5) is 37.0. The molecule has 202 valence electrons. The van der Waals surface area contributed by atoms with Crippen molar-refractivity contribution in [1.29, 1.82) is 0 Å². The molecular formula is C25H29ClN6O5S. The van der Waals surface area contributed by atoms with Crippen LogP contribution in [0.3, 0.4) is 0 Å². The second-order valence-electron chi connectivity index (χ2n) is 10.3. The lowest BCUT2D eigenvalue weighted by molar-refractivity contribution is -0.122. The fourth-order valence-corrected chi connectivity index (χ4v) is 6.75. The highest BCUT2D eigenvalue weighted by atomic mass is 35.5. The predicted molar refractivity (Wildman–Crippen MR) is 139 cm³/mol. The van der Waals surface area contributed by atoms with E-state index in [0.717, 1.165) is 25.1 Å². The second kappa shape index (κ2) is 9.67. The van der Waals surface area contributed by atoms with Crippen molar-refractivity contribution in [2.75, 3.05) is 39.8 Å². The Balaban J connectivity index is 1.24. The number of halogens is 1. The number of aromatic amines is 1. The van der Waals surface area contributed by atoms with Gasteiger partial charge in [-0.1, -0.05) is 11.6 Å². The summed E-state index contributed by atoms with van der Waals surface area (Å²) in [5.74, 6) is 0.217. The van der Waals surface area contributed by atoms with E-state index in [1.807, 2.05) is 7.05 Å². The molecule has 3 aromatic rings. The summed E-state index contributed by atoms with van der Waals surface area (Å²) in [6, 6.07) is 6.11. The Morgan fingerprint density at radius 3 is 2.82 bits per heavy atom. The molecule has 11 nitrogen and oxygen atoms in total. The van der Waals surface area contributed by atoms with Crippen molar-refractivity contribution < 1.29 is 22.4 Å². The van der Waals surface area contributed by atoms with E-state index in [1.165, 1.54) is 4.31 Å². The zero-order chi connectivity index (χ0) is 26.6. The Labute approximate surface area is 225 Å². The summed E-state index contributed by atoms with van der Waals surface area (Å²) >= 11 is 6.07. The van der Waals surface area contributed by atoms with Crippen LogP contribution in [0.5, 0.6) is 0 Å². The standard InChI is InChI=1S/C25H29ClN6O5S/c1-30-7-6-20-21(14-30)37-24(29-20)25(34)32-9-8-31(13-18(32)12-27-23(33)15-2-3-15)38(35,36)22-11-16-10-17(26)4-5-19(16)28-22/h4-5,10-11,15,18,28H,2-3,6-9,12-14H2,1H3,(H,27,33). The molecule has 4 heterocycles. The number of amides is 2. The Kier molecular flexibility index (Phi) is 6.45. The number of likely N-dealkylation sites (N-methyl/N-ethyl adjacent to an activating group) is 1. The highest BCUT2D eigenvalue weighted by Crippen LogP contribution is 2.29. The fourth-order valence-electron chi connectivity index (χ4n) is 5.09. The number of hydrogen-bond acceptors (Lipinski definition) is 7.